The Kier molecular flexibility index (Phi) is 13.5. The van der Waals surface area contributed by atoms with Crippen molar-refractivity contribution < 1.29 is 49.8 Å². The Labute approximate surface area is 276 Å². The first-order valence-electron chi connectivity index (χ1n) is 13.8. The number of methoxy groups -OCH3 is 1. The van der Waals surface area contributed by atoms with E-state index < -0.39 is 50.9 Å². The van der Waals surface area contributed by atoms with Gasteiger partial charge in [-0.2, -0.15) is 0 Å². The third kappa shape index (κ3) is 8.95. The van der Waals surface area contributed by atoms with Crippen LogP contribution in [0.15, 0.2) is 52.2 Å². The van der Waals surface area contributed by atoms with Gasteiger partial charge >= 0.3 is 278 Å². The van der Waals surface area contributed by atoms with Crippen molar-refractivity contribution in [2.24, 2.45) is 15.9 Å². The van der Waals surface area contributed by atoms with E-state index in [9.17, 15) is 18.8 Å². The molecule has 1 fully saturated rings. The van der Waals surface area contributed by atoms with Gasteiger partial charge in [0.1, 0.15) is 0 Å². The van der Waals surface area contributed by atoms with Crippen molar-refractivity contribution in [2.45, 2.75) is 29.9 Å². The van der Waals surface area contributed by atoms with Crippen LogP contribution in [0, 0.1) is 11.7 Å². The summed E-state index contributed by atoms with van der Waals surface area (Å²) in [4.78, 5) is 51.9. The number of carbonyl (C=O) groups excluding carboxylic acids is 2. The Balaban J connectivity index is 1.81. The molecule has 0 spiro atoms. The van der Waals surface area contributed by atoms with E-state index in [0.29, 0.717) is 59.2 Å². The summed E-state index contributed by atoms with van der Waals surface area (Å²) >= 11 is 7.28. The molecule has 3 unspecified atom stereocenters. The summed E-state index contributed by atoms with van der Waals surface area (Å²) in [7, 11) is 5.03. The predicted octanol–water partition coefficient (Wildman–Crippen LogP) is 1.03. The Bertz CT molecular complexity index is 1360. The molecule has 1 saturated heterocycles. The number of aliphatic carboxylic acids is 1. The Morgan fingerprint density at radius 2 is 2.18 bits per heavy atom. The summed E-state index contributed by atoms with van der Waals surface area (Å²) in [5.41, 5.74) is 1.25. The van der Waals surface area contributed by atoms with Crippen molar-refractivity contribution >= 4 is 52.2 Å². The van der Waals surface area contributed by atoms with Gasteiger partial charge in [-0.15, -0.1) is 0 Å². The van der Waals surface area contributed by atoms with Gasteiger partial charge in [-0.25, -0.2) is 0 Å². The number of rotatable bonds is 14. The third-order valence-electron chi connectivity index (χ3n) is 7.12. The monoisotopic (exact) mass is 763 g/mol. The molecular weight excluding hydrogens is 726 g/mol. The predicted molar refractivity (Wildman–Crippen MR) is 167 cm³/mol. The van der Waals surface area contributed by atoms with Crippen LogP contribution in [0.2, 0.25) is 5.02 Å². The number of esters is 1. The minimum absolute atomic E-state index is 0.0454. The van der Waals surface area contributed by atoms with Gasteiger partial charge in [-0.05, 0) is 0 Å². The minimum atomic E-state index is -0.872. The number of amidine groups is 1. The molecule has 2 amide bonds. The molecular formula is C29H38ClFIN6O5S-. The summed E-state index contributed by atoms with van der Waals surface area (Å²) in [5, 5.41) is 13.1. The fourth-order valence-electron chi connectivity index (χ4n) is 4.71. The maximum absolute atomic E-state index is 13.9. The Morgan fingerprint density at radius 3 is 2.80 bits per heavy atom. The molecule has 2 aliphatic heterocycles. The summed E-state index contributed by atoms with van der Waals surface area (Å²) in [6.45, 7) is 6.81. The van der Waals surface area contributed by atoms with Crippen molar-refractivity contribution in [3.63, 3.8) is 0 Å². The van der Waals surface area contributed by atoms with Crippen LogP contribution in [-0.4, -0.2) is 104 Å². The van der Waals surface area contributed by atoms with Crippen molar-refractivity contribution in [1.29, 1.82) is 0 Å². The van der Waals surface area contributed by atoms with Crippen LogP contribution in [0.4, 0.5) is 9.18 Å². The zero-order valence-corrected chi connectivity index (χ0v) is 29.1. The molecule has 11 nitrogen and oxygen atoms in total. The summed E-state index contributed by atoms with van der Waals surface area (Å²) in [6, 6.07) is 3.04. The molecule has 15 heteroatoms. The molecule has 1 aromatic carbocycles. The number of urea groups is 1. The van der Waals surface area contributed by atoms with Gasteiger partial charge in [0.25, 0.3) is 0 Å². The number of alkyl halides is 2. The molecule has 0 bridgehead atoms. The van der Waals surface area contributed by atoms with Crippen LogP contribution in [0.1, 0.15) is 31.4 Å². The maximum atomic E-state index is 13.9. The van der Waals surface area contributed by atoms with Gasteiger partial charge in [0, 0.05) is 0 Å². The van der Waals surface area contributed by atoms with Gasteiger partial charge in [0.2, 0.25) is 0 Å². The number of halogens is 3. The zero-order chi connectivity index (χ0) is 32.6. The molecule has 3 atom stereocenters. The molecule has 0 aromatic heterocycles. The normalized spacial score (nSPS) is 19.8. The number of hydrogen-bond donors (Lipinski definition) is 2. The number of nitrogens with one attached hydrogen (secondary N) is 1. The number of amides is 2. The van der Waals surface area contributed by atoms with Crippen LogP contribution in [0.25, 0.3) is 0 Å². The van der Waals surface area contributed by atoms with E-state index in [0.717, 1.165) is 0 Å². The zero-order valence-electron chi connectivity index (χ0n) is 25.3. The van der Waals surface area contributed by atoms with Crippen molar-refractivity contribution in [3.8, 4) is 0 Å². The fraction of sp³-hybridized carbons (Fsp3) is 0.483. The van der Waals surface area contributed by atoms with Crippen LogP contribution in [0.5, 0.6) is 0 Å². The van der Waals surface area contributed by atoms with E-state index in [1.165, 1.54) is 43.3 Å². The second-order valence-electron chi connectivity index (χ2n) is 10.3. The number of carbonyl (C=O) groups is 3. The third-order valence-corrected chi connectivity index (χ3v) is 11.9. The summed E-state index contributed by atoms with van der Waals surface area (Å²) in [5.74, 6) is -1.96. The topological polar surface area (TPSA) is 127 Å². The van der Waals surface area contributed by atoms with Crippen LogP contribution in [0.3, 0.4) is 0 Å². The number of nitrogens with zero attached hydrogens (tertiary/aromatic N) is 5. The second kappa shape index (κ2) is 16.6. The van der Waals surface area contributed by atoms with E-state index in [1.54, 1.807) is 23.8 Å². The first-order chi connectivity index (χ1) is 20.9. The average Bonchev–Trinajstić information content (AvgIpc) is 3.25. The fourth-order valence-corrected chi connectivity index (χ4v) is 8.41. The number of thioether (sulfide) groups is 1. The molecule has 242 valence electrons. The van der Waals surface area contributed by atoms with Crippen LogP contribution >= 0.6 is 23.4 Å². The first kappa shape index (κ1) is 35.8. The number of carboxylic acids is 1. The molecule has 2 aliphatic rings. The van der Waals surface area contributed by atoms with Crippen molar-refractivity contribution in [2.75, 3.05) is 51.6 Å². The van der Waals surface area contributed by atoms with Crippen LogP contribution in [-0.2, 0) is 14.3 Å². The molecule has 3 rings (SSSR count). The number of hydrogen-bond acceptors (Lipinski definition) is 9. The molecule has 0 radical (unpaired) electrons. The van der Waals surface area contributed by atoms with Gasteiger partial charge in [-0.1, -0.05) is 0 Å². The van der Waals surface area contributed by atoms with Gasteiger partial charge in [0.05, 0.1) is 0 Å². The quantitative estimate of drug-likeness (QED) is 0.0720. The van der Waals surface area contributed by atoms with E-state index >= 15 is 0 Å². The SMILES string of the molecule is C=CN=C(SC)C1=NC(c2ccc(F)cc2Cl)C(C(=O)OC)=C(CN(C)C[I-]C2CN(CCCC(C)C(=O)O)C(=O)N2C)N1. The molecule has 44 heavy (non-hydrogen) atoms. The summed E-state index contributed by atoms with van der Waals surface area (Å²) < 4.78 is 19.9. The second-order valence-corrected chi connectivity index (χ2v) is 14.5. The Morgan fingerprint density at radius 1 is 1.45 bits per heavy atom. The summed E-state index contributed by atoms with van der Waals surface area (Å²) in [6.07, 6.45) is 4.39. The van der Waals surface area contributed by atoms with Crippen LogP contribution < -0.4 is 26.5 Å². The van der Waals surface area contributed by atoms with Crippen molar-refractivity contribution in [3.05, 3.63) is 58.7 Å². The standard InChI is InChI=1S/C29H38ClFIN6O5S/c1-7-33-26(44-6)25-34-21(23(28(41)43-5)24(35-25)19-11-10-18(31)13-20(19)30)14-36(3)16-32-22-15-38(29(42)37(22)4)12-8-9-17(2)27(39)40/h7,10-11,13,17,22,24H,1,8-9,12,14-16H2,2-6H3,(H,34,35)(H,39,40)/q-1. The van der Waals surface area contributed by atoms with E-state index in [2.05, 4.69) is 21.8 Å². The number of ether oxygens (including phenoxy) is 1. The number of benzene rings is 1. The number of likely N-dealkylation sites (N-methyl/N-ethyl adjacent to an activating group) is 2. The van der Waals surface area contributed by atoms with Gasteiger partial charge in [-0.3, -0.25) is 0 Å². The number of carboxylic acid groups (broad SMARTS) is 1. The van der Waals surface area contributed by atoms with Gasteiger partial charge in [0.15, 0.2) is 0 Å². The van der Waals surface area contributed by atoms with Gasteiger partial charge < -0.3 is 0 Å². The molecule has 0 saturated carbocycles. The Hall–Kier alpha value is -2.69. The number of aliphatic imine (C=N–C) groups is 2. The van der Waals surface area contributed by atoms with E-state index in [-0.39, 0.29) is 20.7 Å². The molecule has 2 N–H and O–H groups in total. The van der Waals surface area contributed by atoms with E-state index in [1.807, 2.05) is 13.3 Å². The first-order valence-corrected chi connectivity index (χ1v) is 18.1. The molecule has 1 aromatic rings. The average molecular weight is 764 g/mol. The molecule has 0 aliphatic carbocycles. The van der Waals surface area contributed by atoms with Crippen molar-refractivity contribution in [1.82, 2.24) is 20.0 Å². The molecule has 2 heterocycles. The van der Waals surface area contributed by atoms with E-state index in [4.69, 9.17) is 26.4 Å².